The molecule has 5 aliphatic carbocycles. The molecule has 0 aromatic heterocycles. The lowest BCUT2D eigenvalue weighted by Crippen LogP contribution is -2.64. The first kappa shape index (κ1) is 20.2. The monoisotopic (exact) mass is 438 g/mol. The summed E-state index contributed by atoms with van der Waals surface area (Å²) in [4.78, 5) is 0. The van der Waals surface area contributed by atoms with Crippen LogP contribution in [0.15, 0.2) is 48.6 Å². The lowest BCUT2D eigenvalue weighted by atomic mass is 9.35. The molecular weight excluding hydrogens is 408 g/mol. The Morgan fingerprint density at radius 1 is 0.724 bits per heavy atom. The van der Waals surface area contributed by atoms with Crippen LogP contribution in [0.5, 0.6) is 0 Å². The fourth-order valence-electron chi connectivity index (χ4n) is 7.70. The minimum absolute atomic E-state index is 0.256. The van der Waals surface area contributed by atoms with Gasteiger partial charge in [0.1, 0.15) is 0 Å². The van der Waals surface area contributed by atoms with Crippen LogP contribution in [0.4, 0.5) is 0 Å². The molecule has 29 heavy (non-hydrogen) atoms. The zero-order valence-corrected chi connectivity index (χ0v) is 19.6. The smallest absolute Gasteiger partial charge is 0.0573 e. The third-order valence-corrected chi connectivity index (χ3v) is 10.0. The molecule has 0 amide bonds. The van der Waals surface area contributed by atoms with Gasteiger partial charge in [-0.2, -0.15) is 37.9 Å². The Bertz CT molecular complexity index is 843. The molecule has 5 aliphatic rings. The van der Waals surface area contributed by atoms with E-state index in [1.54, 1.807) is 0 Å². The van der Waals surface area contributed by atoms with Crippen molar-refractivity contribution in [1.29, 1.82) is 0 Å². The highest BCUT2D eigenvalue weighted by Crippen LogP contribution is 2.74. The van der Waals surface area contributed by atoms with Crippen molar-refractivity contribution in [3.8, 4) is 11.8 Å². The van der Waals surface area contributed by atoms with Gasteiger partial charge in [-0.1, -0.05) is 48.3 Å². The van der Waals surface area contributed by atoms with E-state index in [9.17, 15) is 0 Å². The van der Waals surface area contributed by atoms with E-state index in [1.807, 2.05) is 0 Å². The average molecular weight is 439 g/mol. The van der Waals surface area contributed by atoms with Crippen LogP contribution in [0, 0.1) is 34.0 Å². The summed E-state index contributed by atoms with van der Waals surface area (Å²) >= 11 is 14.6. The molecule has 0 N–H and O–H groups in total. The molecule has 0 aliphatic heterocycles. The molecule has 1 aromatic rings. The number of hydrogen-bond donors (Lipinski definition) is 3. The summed E-state index contributed by atoms with van der Waals surface area (Å²) in [6.45, 7) is 0. The van der Waals surface area contributed by atoms with Crippen molar-refractivity contribution in [2.45, 2.75) is 43.9 Å². The zero-order valence-electron chi connectivity index (χ0n) is 16.9. The van der Waals surface area contributed by atoms with Gasteiger partial charge < -0.3 is 0 Å². The van der Waals surface area contributed by atoms with E-state index >= 15 is 0 Å². The van der Waals surface area contributed by atoms with Gasteiger partial charge in [-0.25, -0.2) is 0 Å². The molecule has 0 unspecified atom stereocenters. The van der Waals surface area contributed by atoms with E-state index in [4.69, 9.17) is 37.9 Å². The van der Waals surface area contributed by atoms with Crippen molar-refractivity contribution in [2.24, 2.45) is 22.2 Å². The van der Waals surface area contributed by atoms with Crippen LogP contribution in [-0.4, -0.2) is 17.3 Å². The van der Waals surface area contributed by atoms with Crippen LogP contribution < -0.4 is 0 Å². The van der Waals surface area contributed by atoms with E-state index in [0.29, 0.717) is 16.2 Å². The molecule has 0 nitrogen and oxygen atoms in total. The van der Waals surface area contributed by atoms with Crippen molar-refractivity contribution >= 4 is 37.9 Å². The van der Waals surface area contributed by atoms with Crippen LogP contribution in [-0.2, 0) is 5.41 Å². The summed E-state index contributed by atoms with van der Waals surface area (Å²) in [5.41, 5.74) is 3.93. The lowest BCUT2D eigenvalue weighted by molar-refractivity contribution is -0.145. The number of hydrogen-bond acceptors (Lipinski definition) is 3. The molecule has 6 rings (SSSR count). The summed E-state index contributed by atoms with van der Waals surface area (Å²) in [5, 5.41) is 0. The van der Waals surface area contributed by atoms with Gasteiger partial charge in [-0.05, 0) is 95.1 Å². The first-order chi connectivity index (χ1) is 14.0. The van der Waals surface area contributed by atoms with Gasteiger partial charge in [-0.3, -0.25) is 0 Å². The Morgan fingerprint density at radius 2 is 1.21 bits per heavy atom. The summed E-state index contributed by atoms with van der Waals surface area (Å²) in [7, 11) is 0. The molecule has 152 valence electrons. The van der Waals surface area contributed by atoms with Crippen molar-refractivity contribution in [1.82, 2.24) is 0 Å². The number of rotatable bonds is 4. The molecule has 1 aromatic carbocycles. The first-order valence-electron chi connectivity index (χ1n) is 10.8. The third-order valence-electron chi connectivity index (χ3n) is 8.02. The van der Waals surface area contributed by atoms with Crippen molar-refractivity contribution < 1.29 is 0 Å². The van der Waals surface area contributed by atoms with E-state index < -0.39 is 0 Å². The van der Waals surface area contributed by atoms with Crippen LogP contribution in [0.1, 0.15) is 49.7 Å². The fraction of sp³-hybridized carbons (Fsp3) is 0.538. The predicted molar refractivity (Wildman–Crippen MR) is 133 cm³/mol. The van der Waals surface area contributed by atoms with E-state index in [2.05, 4.69) is 60.4 Å². The zero-order chi connectivity index (χ0) is 20.2. The van der Waals surface area contributed by atoms with Gasteiger partial charge in [0.2, 0.25) is 0 Å². The quantitative estimate of drug-likeness (QED) is 0.364. The van der Waals surface area contributed by atoms with Crippen LogP contribution in [0.2, 0.25) is 0 Å². The number of thiol groups is 3. The maximum Gasteiger partial charge on any atom is 0.0573 e. The van der Waals surface area contributed by atoms with Crippen molar-refractivity contribution in [3.05, 3.63) is 59.7 Å². The second-order valence-corrected chi connectivity index (χ2v) is 11.4. The molecule has 0 saturated heterocycles. The van der Waals surface area contributed by atoms with Gasteiger partial charge in [0.15, 0.2) is 0 Å². The minimum atomic E-state index is 0.256. The van der Waals surface area contributed by atoms with Gasteiger partial charge in [0.25, 0.3) is 0 Å². The van der Waals surface area contributed by atoms with Gasteiger partial charge >= 0.3 is 0 Å². The maximum atomic E-state index is 4.87. The molecule has 4 saturated carbocycles. The van der Waals surface area contributed by atoms with E-state index in [1.165, 1.54) is 44.1 Å². The normalized spacial score (nSPS) is 39.7. The Labute approximate surface area is 192 Å². The minimum Gasteiger partial charge on any atom is -0.179 e. The molecule has 4 fully saturated rings. The molecule has 0 radical (unpaired) electrons. The second-order valence-electron chi connectivity index (χ2n) is 10.5. The molecule has 4 bridgehead atoms. The standard InChI is InChI=1S/C26H30S3/c27-17-23-11-24(18-28)13-25(12-23,19-29)16-26(14-23,15-24)22-9-7-21(8-10-22)6-5-20-3-1-2-4-20/h1-4,7-10,20,27-29H,11-19H2. The Balaban J connectivity index is 1.49. The maximum absolute atomic E-state index is 4.87. The largest absolute Gasteiger partial charge is 0.179 e. The van der Waals surface area contributed by atoms with Gasteiger partial charge in [0.05, 0.1) is 5.92 Å². The van der Waals surface area contributed by atoms with Gasteiger partial charge in [-0.15, -0.1) is 0 Å². The Morgan fingerprint density at radius 3 is 1.66 bits per heavy atom. The van der Waals surface area contributed by atoms with Crippen LogP contribution >= 0.6 is 37.9 Å². The second kappa shape index (κ2) is 7.18. The highest BCUT2D eigenvalue weighted by atomic mass is 32.1. The molecule has 0 atom stereocenters. The predicted octanol–water partition coefficient (Wildman–Crippen LogP) is 6.15. The highest BCUT2D eigenvalue weighted by Gasteiger charge is 2.67. The summed E-state index contributed by atoms with van der Waals surface area (Å²) in [6.07, 6.45) is 16.2. The fourth-order valence-corrected chi connectivity index (χ4v) is 8.71. The van der Waals surface area contributed by atoms with E-state index in [-0.39, 0.29) is 11.3 Å². The summed E-state index contributed by atoms with van der Waals surface area (Å²) < 4.78 is 0. The highest BCUT2D eigenvalue weighted by molar-refractivity contribution is 7.80. The Hall–Kier alpha value is -0.690. The van der Waals surface area contributed by atoms with Crippen LogP contribution in [0.3, 0.4) is 0 Å². The van der Waals surface area contributed by atoms with Crippen molar-refractivity contribution in [3.63, 3.8) is 0 Å². The van der Waals surface area contributed by atoms with Crippen LogP contribution in [0.25, 0.3) is 0 Å². The lowest BCUT2D eigenvalue weighted by Gasteiger charge is -2.71. The first-order valence-corrected chi connectivity index (χ1v) is 12.7. The third kappa shape index (κ3) is 3.35. The molecule has 3 heteroatoms. The topological polar surface area (TPSA) is 0 Å². The number of benzene rings is 1. The van der Waals surface area contributed by atoms with E-state index in [0.717, 1.165) is 22.8 Å². The molecule has 0 heterocycles. The average Bonchev–Trinajstić information content (AvgIpc) is 3.25. The summed E-state index contributed by atoms with van der Waals surface area (Å²) in [6, 6.07) is 9.19. The van der Waals surface area contributed by atoms with Crippen molar-refractivity contribution in [2.75, 3.05) is 17.3 Å². The number of allylic oxidation sites excluding steroid dienone is 4. The molecular formula is C26H30S3. The Kier molecular flexibility index (Phi) is 5.01. The SMILES string of the molecule is SCC12CC3(CS)CC(CS)(C1)CC(c1ccc(C#CC4C=CC=C4)cc1)(C2)C3. The van der Waals surface area contributed by atoms with Gasteiger partial charge in [0, 0.05) is 5.56 Å². The molecule has 0 spiro atoms. The summed E-state index contributed by atoms with van der Waals surface area (Å²) in [5.74, 6) is 9.94.